The summed E-state index contributed by atoms with van der Waals surface area (Å²) in [6.07, 6.45) is 4.67. The van der Waals surface area contributed by atoms with Crippen LogP contribution in [0.25, 0.3) is 0 Å². The van der Waals surface area contributed by atoms with E-state index in [1.54, 1.807) is 21.3 Å². The van der Waals surface area contributed by atoms with E-state index in [0.717, 1.165) is 49.3 Å². The highest BCUT2D eigenvalue weighted by atomic mass is 16.5. The lowest BCUT2D eigenvalue weighted by molar-refractivity contribution is -0.123. The third kappa shape index (κ3) is 6.46. The van der Waals surface area contributed by atoms with Crippen LogP contribution in [0.3, 0.4) is 0 Å². The molecule has 7 nitrogen and oxygen atoms in total. The molecule has 7 heteroatoms. The van der Waals surface area contributed by atoms with Crippen molar-refractivity contribution in [1.82, 2.24) is 10.2 Å². The number of amides is 1. The number of fused-ring (bicyclic) bond motifs is 2. The molecule has 1 aliphatic heterocycles. The number of rotatable bonds is 10. The maximum Gasteiger partial charge on any atom is 0.234 e. The van der Waals surface area contributed by atoms with Crippen molar-refractivity contribution in [2.75, 3.05) is 34.4 Å². The Hall–Kier alpha value is -3.71. The molecule has 2 unspecified atom stereocenters. The van der Waals surface area contributed by atoms with Crippen molar-refractivity contribution in [2.24, 2.45) is 0 Å². The first kappa shape index (κ1) is 28.8. The molecule has 0 bridgehead atoms. The van der Waals surface area contributed by atoms with E-state index < -0.39 is 0 Å². The van der Waals surface area contributed by atoms with E-state index in [-0.39, 0.29) is 24.1 Å². The number of nitrogens with one attached hydrogen (secondary N) is 1. The summed E-state index contributed by atoms with van der Waals surface area (Å²) in [5, 5.41) is 3.36. The van der Waals surface area contributed by atoms with Gasteiger partial charge in [-0.05, 0) is 98.0 Å². The SMILES string of the molecule is COc1ccc(CC2c3cc(OC(C)C)c(OC)cc3CCN2CC(=O)NC2CCCc3ccccc32)cc1OC. The topological polar surface area (TPSA) is 69.3 Å². The Morgan fingerprint density at radius 2 is 1.63 bits per heavy atom. The standard InChI is InChI=1S/C34H42N2O5/c1-22(2)41-33-20-27-25(19-32(33)40-5)15-16-36(29(27)17-23-13-14-30(38-3)31(18-23)39-4)21-34(37)35-28-12-8-10-24-9-6-7-11-26(24)28/h6-7,9,11,13-14,18-20,22,28-29H,8,10,12,15-17,21H2,1-5H3,(H,35,37). The molecule has 2 atom stereocenters. The van der Waals surface area contributed by atoms with E-state index in [1.807, 2.05) is 26.0 Å². The average Bonchev–Trinajstić information content (AvgIpc) is 2.98. The Morgan fingerprint density at radius 3 is 2.39 bits per heavy atom. The predicted molar refractivity (Wildman–Crippen MR) is 160 cm³/mol. The van der Waals surface area contributed by atoms with E-state index in [2.05, 4.69) is 52.7 Å². The number of benzene rings is 3. The van der Waals surface area contributed by atoms with Crippen LogP contribution in [0.2, 0.25) is 0 Å². The molecule has 218 valence electrons. The van der Waals surface area contributed by atoms with Crippen LogP contribution in [-0.2, 0) is 24.1 Å². The van der Waals surface area contributed by atoms with Crippen LogP contribution < -0.4 is 24.3 Å². The Balaban J connectivity index is 1.44. The summed E-state index contributed by atoms with van der Waals surface area (Å²) in [5.41, 5.74) is 6.09. The number of ether oxygens (including phenoxy) is 4. The Labute approximate surface area is 243 Å². The fourth-order valence-corrected chi connectivity index (χ4v) is 6.25. The van der Waals surface area contributed by atoms with E-state index in [0.29, 0.717) is 24.5 Å². The molecule has 0 spiro atoms. The highest BCUT2D eigenvalue weighted by molar-refractivity contribution is 5.79. The summed E-state index contributed by atoms with van der Waals surface area (Å²) in [5.74, 6) is 2.91. The van der Waals surface area contributed by atoms with Crippen molar-refractivity contribution >= 4 is 5.91 Å². The molecule has 1 amide bonds. The van der Waals surface area contributed by atoms with Gasteiger partial charge in [-0.1, -0.05) is 30.3 Å². The van der Waals surface area contributed by atoms with Gasteiger partial charge in [0.05, 0.1) is 40.0 Å². The van der Waals surface area contributed by atoms with E-state index in [9.17, 15) is 4.79 Å². The van der Waals surface area contributed by atoms with Gasteiger partial charge in [0.1, 0.15) is 0 Å². The number of methoxy groups -OCH3 is 3. The molecule has 2 aliphatic rings. The van der Waals surface area contributed by atoms with Crippen molar-refractivity contribution in [3.8, 4) is 23.0 Å². The molecule has 3 aromatic rings. The Bertz CT molecular complexity index is 1370. The van der Waals surface area contributed by atoms with Gasteiger partial charge in [-0.2, -0.15) is 0 Å². The number of carbonyl (C=O) groups excluding carboxylic acids is 1. The van der Waals surface area contributed by atoms with Crippen LogP contribution in [0.15, 0.2) is 54.6 Å². The van der Waals surface area contributed by atoms with Crippen molar-refractivity contribution in [3.63, 3.8) is 0 Å². The van der Waals surface area contributed by atoms with Crippen molar-refractivity contribution in [2.45, 2.75) is 64.1 Å². The fourth-order valence-electron chi connectivity index (χ4n) is 6.25. The quantitative estimate of drug-likeness (QED) is 0.338. The number of carbonyl (C=O) groups is 1. The number of hydrogen-bond donors (Lipinski definition) is 1. The fraction of sp³-hybridized carbons (Fsp3) is 0.441. The maximum atomic E-state index is 13.6. The summed E-state index contributed by atoms with van der Waals surface area (Å²) >= 11 is 0. The van der Waals surface area contributed by atoms with Gasteiger partial charge in [-0.15, -0.1) is 0 Å². The summed E-state index contributed by atoms with van der Waals surface area (Å²) in [6, 6.07) is 18.8. The third-order valence-corrected chi connectivity index (χ3v) is 8.18. The van der Waals surface area contributed by atoms with Gasteiger partial charge in [0.2, 0.25) is 5.91 Å². The van der Waals surface area contributed by atoms with Gasteiger partial charge in [0, 0.05) is 12.6 Å². The van der Waals surface area contributed by atoms with Gasteiger partial charge in [-0.25, -0.2) is 0 Å². The summed E-state index contributed by atoms with van der Waals surface area (Å²) in [6.45, 7) is 5.12. The minimum atomic E-state index is -0.0262. The molecule has 1 aliphatic carbocycles. The van der Waals surface area contributed by atoms with Gasteiger partial charge in [0.25, 0.3) is 0 Å². The van der Waals surface area contributed by atoms with Gasteiger partial charge < -0.3 is 24.3 Å². The molecule has 5 rings (SSSR count). The zero-order chi connectivity index (χ0) is 28.9. The zero-order valence-corrected chi connectivity index (χ0v) is 24.9. The van der Waals surface area contributed by atoms with Crippen molar-refractivity contribution in [3.05, 3.63) is 82.4 Å². The second-order valence-electron chi connectivity index (χ2n) is 11.2. The monoisotopic (exact) mass is 558 g/mol. The summed E-state index contributed by atoms with van der Waals surface area (Å²) < 4.78 is 22.9. The largest absolute Gasteiger partial charge is 0.493 e. The predicted octanol–water partition coefficient (Wildman–Crippen LogP) is 5.84. The van der Waals surface area contributed by atoms with Gasteiger partial charge >= 0.3 is 0 Å². The van der Waals surface area contributed by atoms with Gasteiger partial charge in [-0.3, -0.25) is 9.69 Å². The highest BCUT2D eigenvalue weighted by Gasteiger charge is 2.32. The minimum Gasteiger partial charge on any atom is -0.493 e. The first-order valence-electron chi connectivity index (χ1n) is 14.6. The van der Waals surface area contributed by atoms with Crippen LogP contribution in [0.4, 0.5) is 0 Å². The molecule has 0 saturated heterocycles. The number of hydrogen-bond acceptors (Lipinski definition) is 6. The van der Waals surface area contributed by atoms with Crippen LogP contribution in [0, 0.1) is 0 Å². The van der Waals surface area contributed by atoms with Gasteiger partial charge in [0.15, 0.2) is 23.0 Å². The van der Waals surface area contributed by atoms with Crippen LogP contribution in [0.1, 0.15) is 66.6 Å². The van der Waals surface area contributed by atoms with Crippen LogP contribution in [-0.4, -0.2) is 51.3 Å². The van der Waals surface area contributed by atoms with E-state index in [4.69, 9.17) is 18.9 Å². The second-order valence-corrected chi connectivity index (χ2v) is 11.2. The second kappa shape index (κ2) is 12.9. The van der Waals surface area contributed by atoms with E-state index >= 15 is 0 Å². The lowest BCUT2D eigenvalue weighted by atomic mass is 9.87. The molecule has 41 heavy (non-hydrogen) atoms. The average molecular weight is 559 g/mol. The molecule has 0 aromatic heterocycles. The van der Waals surface area contributed by atoms with Crippen molar-refractivity contribution in [1.29, 1.82) is 0 Å². The number of nitrogens with zero attached hydrogens (tertiary/aromatic N) is 1. The highest BCUT2D eigenvalue weighted by Crippen LogP contribution is 2.41. The molecule has 1 heterocycles. The lowest BCUT2D eigenvalue weighted by Gasteiger charge is -2.38. The molecular formula is C34H42N2O5. The summed E-state index contributed by atoms with van der Waals surface area (Å²) in [7, 11) is 4.97. The van der Waals surface area contributed by atoms with Crippen LogP contribution in [0.5, 0.6) is 23.0 Å². The zero-order valence-electron chi connectivity index (χ0n) is 24.9. The lowest BCUT2D eigenvalue weighted by Crippen LogP contribution is -2.44. The maximum absolute atomic E-state index is 13.6. The minimum absolute atomic E-state index is 0.00934. The molecule has 0 radical (unpaired) electrons. The molecule has 1 N–H and O–H groups in total. The molecular weight excluding hydrogens is 516 g/mol. The molecule has 0 saturated carbocycles. The van der Waals surface area contributed by atoms with Crippen molar-refractivity contribution < 1.29 is 23.7 Å². The first-order valence-corrected chi connectivity index (χ1v) is 14.6. The number of aryl methyl sites for hydroxylation is 1. The smallest absolute Gasteiger partial charge is 0.234 e. The van der Waals surface area contributed by atoms with E-state index in [1.165, 1.54) is 22.3 Å². The Morgan fingerprint density at radius 1 is 0.878 bits per heavy atom. The summed E-state index contributed by atoms with van der Waals surface area (Å²) in [4.78, 5) is 15.9. The van der Waals surface area contributed by atoms with Crippen LogP contribution >= 0.6 is 0 Å². The Kier molecular flexibility index (Phi) is 9.03. The first-order chi connectivity index (χ1) is 19.9. The third-order valence-electron chi connectivity index (χ3n) is 8.18. The molecule has 3 aromatic carbocycles. The normalized spacial score (nSPS) is 18.3. The molecule has 0 fully saturated rings.